The number of rotatable bonds is 6. The van der Waals surface area contributed by atoms with E-state index < -0.39 is 21.8 Å². The fourth-order valence-electron chi connectivity index (χ4n) is 4.42. The topological polar surface area (TPSA) is 113 Å². The smallest absolute Gasteiger partial charge is 0.256 e. The maximum atomic E-state index is 12.9. The zero-order chi connectivity index (χ0) is 23.8. The van der Waals surface area contributed by atoms with Crippen LogP contribution in [0.1, 0.15) is 64.3 Å². The molecular formula is C23H31ClN4O4S2. The summed E-state index contributed by atoms with van der Waals surface area (Å²) in [7, 11) is -3.56. The molecule has 1 aromatic carbocycles. The number of nitrogens with zero attached hydrogens (tertiary/aromatic N) is 2. The number of thiophene rings is 1. The van der Waals surface area contributed by atoms with Crippen molar-refractivity contribution < 1.29 is 18.0 Å². The Morgan fingerprint density at radius 2 is 1.71 bits per heavy atom. The van der Waals surface area contributed by atoms with Crippen LogP contribution in [0.2, 0.25) is 0 Å². The molecule has 1 aromatic heterocycles. The van der Waals surface area contributed by atoms with Gasteiger partial charge in [0.2, 0.25) is 10.0 Å². The van der Waals surface area contributed by atoms with Crippen LogP contribution in [-0.4, -0.2) is 55.1 Å². The third-order valence-corrected chi connectivity index (χ3v) is 9.40. The molecular weight excluding hydrogens is 496 g/mol. The average Bonchev–Trinajstić information content (AvgIpc) is 3.16. The maximum Gasteiger partial charge on any atom is 0.256 e. The van der Waals surface area contributed by atoms with Crippen LogP contribution in [0.15, 0.2) is 29.2 Å². The van der Waals surface area contributed by atoms with Crippen LogP contribution in [0.3, 0.4) is 0 Å². The molecule has 0 aliphatic carbocycles. The summed E-state index contributed by atoms with van der Waals surface area (Å²) in [4.78, 5) is 28.6. The fraction of sp³-hybridized carbons (Fsp3) is 0.478. The third-order valence-electron chi connectivity index (χ3n) is 6.36. The Bertz CT molecular complexity index is 1160. The first kappa shape index (κ1) is 26.6. The second-order valence-corrected chi connectivity index (χ2v) is 11.9. The fourth-order valence-corrected chi connectivity index (χ4v) is 7.21. The Kier molecular flexibility index (Phi) is 8.41. The Morgan fingerprint density at radius 1 is 1.06 bits per heavy atom. The predicted molar refractivity (Wildman–Crippen MR) is 136 cm³/mol. The molecule has 4 rings (SSSR count). The molecule has 2 amide bonds. The van der Waals surface area contributed by atoms with Gasteiger partial charge < -0.3 is 11.1 Å². The molecule has 11 heteroatoms. The van der Waals surface area contributed by atoms with E-state index >= 15 is 0 Å². The molecule has 1 fully saturated rings. The van der Waals surface area contributed by atoms with E-state index in [1.165, 1.54) is 39.9 Å². The quantitative estimate of drug-likeness (QED) is 0.598. The van der Waals surface area contributed by atoms with Crippen molar-refractivity contribution in [1.82, 2.24) is 9.21 Å². The largest absolute Gasteiger partial charge is 0.365 e. The number of hydrogen-bond acceptors (Lipinski definition) is 6. The number of hydrogen-bond donors (Lipinski definition) is 2. The zero-order valence-corrected chi connectivity index (χ0v) is 21.8. The molecule has 3 heterocycles. The summed E-state index contributed by atoms with van der Waals surface area (Å²) in [5.41, 5.74) is 7.28. The van der Waals surface area contributed by atoms with Gasteiger partial charge >= 0.3 is 0 Å². The molecule has 0 atom stereocenters. The lowest BCUT2D eigenvalue weighted by molar-refractivity contribution is 0.0999. The lowest BCUT2D eigenvalue weighted by Gasteiger charge is -2.30. The van der Waals surface area contributed by atoms with Crippen molar-refractivity contribution in [2.24, 2.45) is 5.73 Å². The number of carbonyl (C=O) groups is 2. The number of piperidine rings is 1. The summed E-state index contributed by atoms with van der Waals surface area (Å²) in [6.45, 7) is 6.87. The van der Waals surface area contributed by atoms with Crippen molar-refractivity contribution in [3.05, 3.63) is 45.8 Å². The summed E-state index contributed by atoms with van der Waals surface area (Å²) in [6.07, 6.45) is 3.48. The average molecular weight is 527 g/mol. The monoisotopic (exact) mass is 526 g/mol. The second kappa shape index (κ2) is 10.7. The van der Waals surface area contributed by atoms with Crippen LogP contribution in [0.25, 0.3) is 0 Å². The van der Waals surface area contributed by atoms with Crippen molar-refractivity contribution in [3.8, 4) is 0 Å². The van der Waals surface area contributed by atoms with Gasteiger partial charge in [0.15, 0.2) is 0 Å². The maximum absolute atomic E-state index is 12.9. The van der Waals surface area contributed by atoms with Crippen molar-refractivity contribution in [1.29, 1.82) is 0 Å². The van der Waals surface area contributed by atoms with E-state index in [4.69, 9.17) is 5.73 Å². The molecule has 186 valence electrons. The minimum Gasteiger partial charge on any atom is -0.365 e. The molecule has 0 radical (unpaired) electrons. The van der Waals surface area contributed by atoms with Gasteiger partial charge in [0.1, 0.15) is 5.00 Å². The number of anilines is 1. The Balaban J connectivity index is 0.00000324. The first-order valence-corrected chi connectivity index (χ1v) is 13.5. The van der Waals surface area contributed by atoms with Crippen LogP contribution < -0.4 is 11.1 Å². The summed E-state index contributed by atoms with van der Waals surface area (Å²) in [5, 5.41) is 3.28. The highest BCUT2D eigenvalue weighted by atomic mass is 35.5. The normalized spacial score (nSPS) is 17.1. The summed E-state index contributed by atoms with van der Waals surface area (Å²) in [5.74, 6) is -0.956. The molecule has 34 heavy (non-hydrogen) atoms. The molecule has 0 unspecified atom stereocenters. The number of amides is 2. The molecule has 1 saturated heterocycles. The molecule has 2 aliphatic rings. The number of benzene rings is 1. The Hall–Kier alpha value is -1.98. The van der Waals surface area contributed by atoms with Gasteiger partial charge in [0, 0.05) is 42.7 Å². The minimum atomic E-state index is -3.56. The molecule has 0 spiro atoms. The molecule has 2 aliphatic heterocycles. The van der Waals surface area contributed by atoms with Gasteiger partial charge in [0.25, 0.3) is 11.8 Å². The van der Waals surface area contributed by atoms with E-state index in [1.54, 1.807) is 0 Å². The van der Waals surface area contributed by atoms with Crippen molar-refractivity contribution >= 4 is 50.6 Å². The highest BCUT2D eigenvalue weighted by Crippen LogP contribution is 2.37. The Morgan fingerprint density at radius 3 is 2.29 bits per heavy atom. The Labute approximate surface area is 211 Å². The van der Waals surface area contributed by atoms with Gasteiger partial charge in [-0.25, -0.2) is 8.42 Å². The standard InChI is InChI=1S/C23H30N4O4S2.ClH/c1-15(2)26-13-10-18-19(14-26)32-23(20(18)21(24)28)25-22(29)16-6-8-17(9-7-16)33(30,31)27-11-4-3-5-12-27;/h6-9,15H,3-5,10-14H2,1-2H3,(H2,24,28)(H,25,29);1H. The van der Waals surface area contributed by atoms with E-state index in [2.05, 4.69) is 24.1 Å². The van der Waals surface area contributed by atoms with Crippen molar-refractivity contribution in [3.63, 3.8) is 0 Å². The molecule has 2 aromatic rings. The van der Waals surface area contributed by atoms with Gasteiger partial charge in [-0.1, -0.05) is 6.42 Å². The number of nitrogens with one attached hydrogen (secondary N) is 1. The van der Waals surface area contributed by atoms with Gasteiger partial charge in [-0.05, 0) is 62.9 Å². The number of fused-ring (bicyclic) bond motifs is 1. The number of nitrogens with two attached hydrogens (primary N) is 1. The van der Waals surface area contributed by atoms with Crippen LogP contribution in [0.5, 0.6) is 0 Å². The van der Waals surface area contributed by atoms with E-state index in [-0.39, 0.29) is 17.3 Å². The van der Waals surface area contributed by atoms with E-state index in [0.29, 0.717) is 41.7 Å². The summed E-state index contributed by atoms with van der Waals surface area (Å²) in [6, 6.07) is 6.32. The van der Waals surface area contributed by atoms with Gasteiger partial charge in [-0.3, -0.25) is 14.5 Å². The minimum absolute atomic E-state index is 0. The molecule has 3 N–H and O–H groups in total. The first-order valence-electron chi connectivity index (χ1n) is 11.3. The lowest BCUT2D eigenvalue weighted by atomic mass is 10.0. The van der Waals surface area contributed by atoms with Crippen molar-refractivity contribution in [2.75, 3.05) is 25.0 Å². The highest BCUT2D eigenvalue weighted by Gasteiger charge is 2.29. The lowest BCUT2D eigenvalue weighted by Crippen LogP contribution is -2.35. The summed E-state index contributed by atoms with van der Waals surface area (Å²) >= 11 is 1.38. The van der Waals surface area contributed by atoms with Crippen LogP contribution in [0.4, 0.5) is 5.00 Å². The number of sulfonamides is 1. The second-order valence-electron chi connectivity index (χ2n) is 8.83. The van der Waals surface area contributed by atoms with Gasteiger partial charge in [-0.2, -0.15) is 4.31 Å². The number of halogens is 1. The van der Waals surface area contributed by atoms with Crippen LogP contribution in [0, 0.1) is 0 Å². The third kappa shape index (κ3) is 5.31. The van der Waals surface area contributed by atoms with E-state index in [0.717, 1.165) is 42.8 Å². The number of carbonyl (C=O) groups excluding carboxylic acids is 2. The van der Waals surface area contributed by atoms with Crippen LogP contribution in [-0.2, 0) is 23.0 Å². The van der Waals surface area contributed by atoms with Crippen LogP contribution >= 0.6 is 23.7 Å². The summed E-state index contributed by atoms with van der Waals surface area (Å²) < 4.78 is 27.2. The SMILES string of the molecule is CC(C)N1CCc2c(sc(NC(=O)c3ccc(S(=O)(=O)N4CCCCC4)cc3)c2C(N)=O)C1.Cl. The van der Waals surface area contributed by atoms with Gasteiger partial charge in [-0.15, -0.1) is 23.7 Å². The van der Waals surface area contributed by atoms with Crippen molar-refractivity contribution in [2.45, 2.75) is 57.0 Å². The molecule has 0 saturated carbocycles. The number of primary amides is 1. The first-order chi connectivity index (χ1) is 15.7. The molecule has 8 nitrogen and oxygen atoms in total. The van der Waals surface area contributed by atoms with Gasteiger partial charge in [0.05, 0.1) is 10.5 Å². The predicted octanol–water partition coefficient (Wildman–Crippen LogP) is 3.46. The highest BCUT2D eigenvalue weighted by molar-refractivity contribution is 7.89. The van der Waals surface area contributed by atoms with E-state index in [9.17, 15) is 18.0 Å². The molecule has 0 bridgehead atoms. The van der Waals surface area contributed by atoms with E-state index in [1.807, 2.05) is 0 Å². The zero-order valence-electron chi connectivity index (χ0n) is 19.4.